The van der Waals surface area contributed by atoms with Gasteiger partial charge in [-0.3, -0.25) is 4.72 Å². The number of aryl methyl sites for hydroxylation is 1. The fraction of sp³-hybridized carbons (Fsp3) is 0.480. The normalized spacial score (nSPS) is 29.0. The fourth-order valence-corrected chi connectivity index (χ4v) is 7.43. The lowest BCUT2D eigenvalue weighted by molar-refractivity contribution is -0.0848. The predicted octanol–water partition coefficient (Wildman–Crippen LogP) is 5.17. The third-order valence-electron chi connectivity index (χ3n) is 7.38. The first-order valence-electron chi connectivity index (χ1n) is 11.2. The summed E-state index contributed by atoms with van der Waals surface area (Å²) in [4.78, 5) is 12.8. The third kappa shape index (κ3) is 4.22. The lowest BCUT2D eigenvalue weighted by Gasteiger charge is -2.56. The Hall–Kier alpha value is -2.34. The molecule has 5 nitrogen and oxygen atoms in total. The molecule has 0 unspecified atom stereocenters. The maximum absolute atomic E-state index is 12.6. The van der Waals surface area contributed by atoms with Gasteiger partial charge in [0.2, 0.25) is 0 Å². The summed E-state index contributed by atoms with van der Waals surface area (Å²) in [5, 5.41) is 0. The number of hydrogen-bond donors (Lipinski definition) is 1. The molecule has 4 aliphatic carbocycles. The Bertz CT molecular complexity index is 1040. The van der Waals surface area contributed by atoms with Crippen LogP contribution in [0.15, 0.2) is 53.4 Å². The Morgan fingerprint density at radius 1 is 0.935 bits per heavy atom. The molecule has 4 fully saturated rings. The molecule has 0 heterocycles. The van der Waals surface area contributed by atoms with Crippen molar-refractivity contribution in [3.8, 4) is 0 Å². The van der Waals surface area contributed by atoms with Crippen molar-refractivity contribution in [2.24, 2.45) is 23.2 Å². The van der Waals surface area contributed by atoms with E-state index in [9.17, 15) is 13.2 Å². The first-order valence-corrected chi connectivity index (χ1v) is 12.7. The molecule has 2 aromatic rings. The van der Waals surface area contributed by atoms with Gasteiger partial charge in [0.25, 0.3) is 10.0 Å². The van der Waals surface area contributed by atoms with Gasteiger partial charge >= 0.3 is 5.97 Å². The summed E-state index contributed by atoms with van der Waals surface area (Å²) in [5.41, 5.74) is 2.05. The number of carbonyl (C=O) groups is 1. The van der Waals surface area contributed by atoms with Gasteiger partial charge in [-0.05, 0) is 99.6 Å². The van der Waals surface area contributed by atoms with Crippen LogP contribution in [-0.2, 0) is 14.8 Å². The minimum Gasteiger partial charge on any atom is -0.462 e. The number of nitrogens with one attached hydrogen (secondary N) is 1. The summed E-state index contributed by atoms with van der Waals surface area (Å²) in [7, 11) is -3.67. The van der Waals surface area contributed by atoms with E-state index in [0.717, 1.165) is 23.3 Å². The first-order chi connectivity index (χ1) is 14.8. The minimum absolute atomic E-state index is 0.189. The van der Waals surface area contributed by atoms with Gasteiger partial charge in [-0.25, -0.2) is 13.2 Å². The molecule has 0 aromatic heterocycles. The molecule has 4 bridgehead atoms. The summed E-state index contributed by atoms with van der Waals surface area (Å²) in [5.74, 6) is 2.14. The second-order valence-corrected chi connectivity index (χ2v) is 11.7. The van der Waals surface area contributed by atoms with E-state index in [-0.39, 0.29) is 16.3 Å². The Kier molecular flexibility index (Phi) is 5.08. The molecule has 4 aliphatic rings. The van der Waals surface area contributed by atoms with E-state index < -0.39 is 10.0 Å². The van der Waals surface area contributed by atoms with E-state index >= 15 is 0 Å². The van der Waals surface area contributed by atoms with Gasteiger partial charge in [0.15, 0.2) is 0 Å². The van der Waals surface area contributed by atoms with Crippen LogP contribution in [0.4, 0.5) is 5.69 Å². The van der Waals surface area contributed by atoms with Crippen LogP contribution in [-0.4, -0.2) is 21.0 Å². The highest BCUT2D eigenvalue weighted by Crippen LogP contribution is 2.60. The van der Waals surface area contributed by atoms with Crippen LogP contribution >= 0.6 is 0 Å². The lowest BCUT2D eigenvalue weighted by atomic mass is 9.50. The molecular weight excluding hydrogens is 410 g/mol. The van der Waals surface area contributed by atoms with Gasteiger partial charge in [0.05, 0.1) is 17.1 Å². The summed E-state index contributed by atoms with van der Waals surface area (Å²) < 4.78 is 33.4. The number of esters is 1. The smallest absolute Gasteiger partial charge is 0.338 e. The van der Waals surface area contributed by atoms with Crippen molar-refractivity contribution in [1.82, 2.24) is 0 Å². The molecule has 31 heavy (non-hydrogen) atoms. The summed E-state index contributed by atoms with van der Waals surface area (Å²) in [6.07, 6.45) is 7.71. The fourth-order valence-electron chi connectivity index (χ4n) is 6.37. The SMILES string of the molecule is Cc1ccc(S(=O)(=O)Nc2ccc(C(=O)OCC34CC5CC(CC(C5)C3)C4)cc2)cc1. The molecule has 1 N–H and O–H groups in total. The quantitative estimate of drug-likeness (QED) is 0.631. The number of rotatable bonds is 6. The molecule has 0 saturated heterocycles. The number of ether oxygens (including phenoxy) is 1. The van der Waals surface area contributed by atoms with Crippen LogP contribution in [0.2, 0.25) is 0 Å². The van der Waals surface area contributed by atoms with E-state index in [1.54, 1.807) is 48.5 Å². The molecule has 0 spiro atoms. The first kappa shape index (κ1) is 20.6. The van der Waals surface area contributed by atoms with E-state index in [2.05, 4.69) is 4.72 Å². The second kappa shape index (κ2) is 7.66. The Balaban J connectivity index is 1.21. The van der Waals surface area contributed by atoms with Gasteiger partial charge in [0, 0.05) is 11.1 Å². The minimum atomic E-state index is -3.67. The number of anilines is 1. The van der Waals surface area contributed by atoms with Crippen LogP contribution in [0.1, 0.15) is 54.4 Å². The molecule has 0 atom stereocenters. The second-order valence-electron chi connectivity index (χ2n) is 9.99. The Morgan fingerprint density at radius 3 is 2.03 bits per heavy atom. The van der Waals surface area contributed by atoms with Gasteiger partial charge < -0.3 is 4.74 Å². The number of carbonyl (C=O) groups excluding carboxylic acids is 1. The van der Waals surface area contributed by atoms with E-state index in [4.69, 9.17) is 4.74 Å². The van der Waals surface area contributed by atoms with Crippen LogP contribution in [0.3, 0.4) is 0 Å². The zero-order valence-corrected chi connectivity index (χ0v) is 18.7. The third-order valence-corrected chi connectivity index (χ3v) is 8.78. The van der Waals surface area contributed by atoms with Crippen molar-refractivity contribution < 1.29 is 17.9 Å². The molecule has 4 saturated carbocycles. The zero-order valence-electron chi connectivity index (χ0n) is 17.8. The average Bonchev–Trinajstić information content (AvgIpc) is 2.72. The van der Waals surface area contributed by atoms with Crippen molar-refractivity contribution in [1.29, 1.82) is 0 Å². The zero-order chi connectivity index (χ0) is 21.6. The highest BCUT2D eigenvalue weighted by atomic mass is 32.2. The van der Waals surface area contributed by atoms with Crippen molar-refractivity contribution >= 4 is 21.7 Å². The lowest BCUT2D eigenvalue weighted by Crippen LogP contribution is -2.48. The van der Waals surface area contributed by atoms with E-state index in [0.29, 0.717) is 17.9 Å². The van der Waals surface area contributed by atoms with Crippen LogP contribution in [0.5, 0.6) is 0 Å². The van der Waals surface area contributed by atoms with Crippen LogP contribution < -0.4 is 4.72 Å². The average molecular weight is 440 g/mol. The maximum Gasteiger partial charge on any atom is 0.338 e. The van der Waals surface area contributed by atoms with E-state index in [1.165, 1.54) is 38.5 Å². The van der Waals surface area contributed by atoms with Gasteiger partial charge in [0.1, 0.15) is 0 Å². The molecule has 0 amide bonds. The highest BCUT2D eigenvalue weighted by molar-refractivity contribution is 7.92. The topological polar surface area (TPSA) is 72.5 Å². The van der Waals surface area contributed by atoms with Crippen LogP contribution in [0, 0.1) is 30.1 Å². The molecule has 0 radical (unpaired) electrons. The van der Waals surface area contributed by atoms with Gasteiger partial charge in [-0.2, -0.15) is 0 Å². The molecule has 6 heteroatoms. The predicted molar refractivity (Wildman–Crippen MR) is 119 cm³/mol. The number of benzene rings is 2. The molecule has 6 rings (SSSR count). The highest BCUT2D eigenvalue weighted by Gasteiger charge is 2.51. The molecule has 164 valence electrons. The summed E-state index contributed by atoms with van der Waals surface area (Å²) in [6, 6.07) is 13.1. The summed E-state index contributed by atoms with van der Waals surface area (Å²) >= 11 is 0. The van der Waals surface area contributed by atoms with Crippen molar-refractivity contribution in [2.75, 3.05) is 11.3 Å². The van der Waals surface area contributed by atoms with Gasteiger partial charge in [-0.1, -0.05) is 17.7 Å². The molecule has 0 aliphatic heterocycles. The summed E-state index contributed by atoms with van der Waals surface area (Å²) in [6.45, 7) is 2.42. The molecular formula is C25H29NO4S. The number of sulfonamides is 1. The van der Waals surface area contributed by atoms with Crippen molar-refractivity contribution in [2.45, 2.75) is 50.3 Å². The van der Waals surface area contributed by atoms with Crippen molar-refractivity contribution in [3.05, 3.63) is 59.7 Å². The monoisotopic (exact) mass is 439 g/mol. The Morgan fingerprint density at radius 2 is 1.48 bits per heavy atom. The van der Waals surface area contributed by atoms with Crippen LogP contribution in [0.25, 0.3) is 0 Å². The van der Waals surface area contributed by atoms with E-state index in [1.807, 2.05) is 6.92 Å². The maximum atomic E-state index is 12.6. The molecule has 2 aromatic carbocycles. The largest absolute Gasteiger partial charge is 0.462 e. The van der Waals surface area contributed by atoms with Crippen molar-refractivity contribution in [3.63, 3.8) is 0 Å². The van der Waals surface area contributed by atoms with Gasteiger partial charge in [-0.15, -0.1) is 0 Å². The standard InChI is InChI=1S/C25H29NO4S/c1-17-2-8-23(9-3-17)31(28,29)26-22-6-4-21(5-7-22)24(27)30-16-25-13-18-10-19(14-25)12-20(11-18)15-25/h2-9,18-20,26H,10-16H2,1H3. The number of hydrogen-bond acceptors (Lipinski definition) is 4. The Labute approximate surface area is 184 Å².